The number of carbonyl (C=O) groups excluding carboxylic acids is 1. The summed E-state index contributed by atoms with van der Waals surface area (Å²) >= 11 is 0. The van der Waals surface area contributed by atoms with Crippen LogP contribution in [0.2, 0.25) is 0 Å². The van der Waals surface area contributed by atoms with E-state index in [0.29, 0.717) is 6.61 Å². The highest BCUT2D eigenvalue weighted by atomic mass is 16.5. The van der Waals surface area contributed by atoms with Crippen LogP contribution < -0.4 is 5.32 Å². The van der Waals surface area contributed by atoms with E-state index < -0.39 is 17.7 Å². The van der Waals surface area contributed by atoms with Crippen molar-refractivity contribution in [1.82, 2.24) is 5.32 Å². The molecule has 0 spiro atoms. The van der Waals surface area contributed by atoms with E-state index in [-0.39, 0.29) is 18.6 Å². The van der Waals surface area contributed by atoms with Crippen LogP contribution >= 0.6 is 0 Å². The fraction of sp³-hybridized carbons (Fsp3) is 0.435. The standard InChI is InChI=1S/C23H31NO4/c1-17(2)20(27-15-18-11-7-5-8-12-18)21(23(3,4)26)24-22(25)28-16-19-13-9-6-10-14-19/h5-14,17,20-21,26H,15-16H2,1-4H3,(H,24,25)/t20-,21+/m1/s1. The highest BCUT2D eigenvalue weighted by molar-refractivity contribution is 5.68. The Bertz CT molecular complexity index is 710. The first-order valence-corrected chi connectivity index (χ1v) is 9.62. The fourth-order valence-electron chi connectivity index (χ4n) is 2.99. The van der Waals surface area contributed by atoms with Crippen LogP contribution in [0.15, 0.2) is 60.7 Å². The van der Waals surface area contributed by atoms with Crippen LogP contribution in [0.25, 0.3) is 0 Å². The number of nitrogens with one attached hydrogen (secondary N) is 1. The van der Waals surface area contributed by atoms with E-state index in [0.717, 1.165) is 11.1 Å². The molecule has 5 nitrogen and oxygen atoms in total. The summed E-state index contributed by atoms with van der Waals surface area (Å²) in [6.45, 7) is 7.91. The van der Waals surface area contributed by atoms with Gasteiger partial charge in [0.15, 0.2) is 0 Å². The molecule has 0 aliphatic rings. The summed E-state index contributed by atoms with van der Waals surface area (Å²) < 4.78 is 11.4. The summed E-state index contributed by atoms with van der Waals surface area (Å²) in [7, 11) is 0. The number of rotatable bonds is 9. The predicted octanol–water partition coefficient (Wildman–Crippen LogP) is 4.29. The molecule has 28 heavy (non-hydrogen) atoms. The van der Waals surface area contributed by atoms with Crippen molar-refractivity contribution in [1.29, 1.82) is 0 Å². The fourth-order valence-corrected chi connectivity index (χ4v) is 2.99. The van der Waals surface area contributed by atoms with Gasteiger partial charge in [-0.15, -0.1) is 0 Å². The van der Waals surface area contributed by atoms with E-state index >= 15 is 0 Å². The van der Waals surface area contributed by atoms with Gasteiger partial charge in [0.2, 0.25) is 0 Å². The lowest BCUT2D eigenvalue weighted by atomic mass is 9.88. The lowest BCUT2D eigenvalue weighted by Crippen LogP contribution is -2.58. The van der Waals surface area contributed by atoms with Gasteiger partial charge in [0.1, 0.15) is 6.61 Å². The number of hydrogen-bond donors (Lipinski definition) is 2. The summed E-state index contributed by atoms with van der Waals surface area (Å²) in [5.41, 5.74) is 0.754. The molecule has 0 aliphatic heterocycles. The van der Waals surface area contributed by atoms with E-state index in [1.807, 2.05) is 74.5 Å². The molecular weight excluding hydrogens is 354 g/mol. The van der Waals surface area contributed by atoms with Crippen molar-refractivity contribution in [2.45, 2.75) is 58.7 Å². The zero-order valence-corrected chi connectivity index (χ0v) is 17.1. The molecule has 0 saturated carbocycles. The van der Waals surface area contributed by atoms with E-state index in [4.69, 9.17) is 9.47 Å². The van der Waals surface area contributed by atoms with Gasteiger partial charge in [-0.3, -0.25) is 0 Å². The van der Waals surface area contributed by atoms with Crippen molar-refractivity contribution in [3.8, 4) is 0 Å². The van der Waals surface area contributed by atoms with E-state index in [2.05, 4.69) is 5.32 Å². The largest absolute Gasteiger partial charge is 0.445 e. The molecule has 0 fully saturated rings. The Morgan fingerprint density at radius 1 is 0.964 bits per heavy atom. The quantitative estimate of drug-likeness (QED) is 0.676. The molecule has 152 valence electrons. The normalized spacial score (nSPS) is 13.8. The highest BCUT2D eigenvalue weighted by Gasteiger charge is 2.38. The van der Waals surface area contributed by atoms with E-state index in [1.54, 1.807) is 13.8 Å². The Morgan fingerprint density at radius 2 is 1.46 bits per heavy atom. The summed E-state index contributed by atoms with van der Waals surface area (Å²) in [6, 6.07) is 18.7. The number of aliphatic hydroxyl groups is 1. The molecule has 0 unspecified atom stereocenters. The van der Waals surface area contributed by atoms with Gasteiger partial charge in [-0.2, -0.15) is 0 Å². The Labute approximate surface area is 167 Å². The van der Waals surface area contributed by atoms with Crippen molar-refractivity contribution in [2.24, 2.45) is 5.92 Å². The topological polar surface area (TPSA) is 67.8 Å². The smallest absolute Gasteiger partial charge is 0.407 e. The Hall–Kier alpha value is -2.37. The van der Waals surface area contributed by atoms with Gasteiger partial charge in [-0.25, -0.2) is 4.79 Å². The van der Waals surface area contributed by atoms with E-state index in [9.17, 15) is 9.90 Å². The third kappa shape index (κ3) is 6.98. The van der Waals surface area contributed by atoms with Crippen LogP contribution in [0.3, 0.4) is 0 Å². The van der Waals surface area contributed by atoms with Gasteiger partial charge in [0.05, 0.1) is 24.4 Å². The number of alkyl carbamates (subject to hydrolysis) is 1. The van der Waals surface area contributed by atoms with Gasteiger partial charge in [0.25, 0.3) is 0 Å². The first kappa shape index (κ1) is 21.9. The maximum Gasteiger partial charge on any atom is 0.407 e. The first-order valence-electron chi connectivity index (χ1n) is 9.62. The van der Waals surface area contributed by atoms with Crippen molar-refractivity contribution in [2.75, 3.05) is 0 Å². The number of amides is 1. The second-order valence-electron chi connectivity index (χ2n) is 7.84. The summed E-state index contributed by atoms with van der Waals surface area (Å²) in [5, 5.41) is 13.5. The number of benzene rings is 2. The second kappa shape index (κ2) is 10.2. The van der Waals surface area contributed by atoms with Gasteiger partial charge >= 0.3 is 6.09 Å². The monoisotopic (exact) mass is 385 g/mol. The molecule has 2 atom stereocenters. The lowest BCUT2D eigenvalue weighted by Gasteiger charge is -2.38. The molecule has 5 heteroatoms. The molecule has 2 aromatic carbocycles. The zero-order valence-electron chi connectivity index (χ0n) is 17.1. The highest BCUT2D eigenvalue weighted by Crippen LogP contribution is 2.22. The minimum absolute atomic E-state index is 0.0783. The molecule has 0 aromatic heterocycles. The maximum atomic E-state index is 12.4. The van der Waals surface area contributed by atoms with Crippen LogP contribution in [0, 0.1) is 5.92 Å². The van der Waals surface area contributed by atoms with Crippen molar-refractivity contribution < 1.29 is 19.4 Å². The summed E-state index contributed by atoms with van der Waals surface area (Å²) in [4.78, 5) is 12.4. The average Bonchev–Trinajstić information content (AvgIpc) is 2.66. The van der Waals surface area contributed by atoms with Crippen LogP contribution in [0.1, 0.15) is 38.8 Å². The van der Waals surface area contributed by atoms with Crippen molar-refractivity contribution in [3.63, 3.8) is 0 Å². The molecule has 2 rings (SSSR count). The first-order chi connectivity index (χ1) is 13.3. The molecule has 0 bridgehead atoms. The predicted molar refractivity (Wildman–Crippen MR) is 110 cm³/mol. The lowest BCUT2D eigenvalue weighted by molar-refractivity contribution is -0.0763. The SMILES string of the molecule is CC(C)[C@@H](OCc1ccccc1)[C@H](NC(=O)OCc1ccccc1)C(C)(C)O. The summed E-state index contributed by atoms with van der Waals surface area (Å²) in [6.07, 6.45) is -0.963. The van der Waals surface area contributed by atoms with Gasteiger partial charge in [-0.05, 0) is 30.9 Å². The van der Waals surface area contributed by atoms with Gasteiger partial charge in [-0.1, -0.05) is 74.5 Å². The molecule has 1 amide bonds. The Kier molecular flexibility index (Phi) is 8.03. The molecule has 2 N–H and O–H groups in total. The average molecular weight is 386 g/mol. The molecule has 0 radical (unpaired) electrons. The van der Waals surface area contributed by atoms with Gasteiger partial charge in [0, 0.05) is 0 Å². The number of hydrogen-bond acceptors (Lipinski definition) is 4. The van der Waals surface area contributed by atoms with Crippen molar-refractivity contribution in [3.05, 3.63) is 71.8 Å². The molecular formula is C23H31NO4. The minimum atomic E-state index is -1.18. The van der Waals surface area contributed by atoms with Crippen LogP contribution in [0.4, 0.5) is 4.79 Å². The zero-order chi connectivity index (χ0) is 20.6. The van der Waals surface area contributed by atoms with Crippen LogP contribution in [0.5, 0.6) is 0 Å². The van der Waals surface area contributed by atoms with Crippen LogP contribution in [-0.2, 0) is 22.7 Å². The number of ether oxygens (including phenoxy) is 2. The Balaban J connectivity index is 2.03. The summed E-state index contributed by atoms with van der Waals surface area (Å²) in [5.74, 6) is 0.0783. The van der Waals surface area contributed by atoms with E-state index in [1.165, 1.54) is 0 Å². The van der Waals surface area contributed by atoms with Gasteiger partial charge < -0.3 is 19.9 Å². The molecule has 2 aromatic rings. The Morgan fingerprint density at radius 3 is 1.93 bits per heavy atom. The number of carbonyl (C=O) groups is 1. The van der Waals surface area contributed by atoms with Crippen molar-refractivity contribution >= 4 is 6.09 Å². The third-order valence-corrected chi connectivity index (χ3v) is 4.52. The molecule has 0 heterocycles. The molecule has 0 saturated heterocycles. The maximum absolute atomic E-state index is 12.4. The second-order valence-corrected chi connectivity index (χ2v) is 7.84. The molecule has 0 aliphatic carbocycles. The minimum Gasteiger partial charge on any atom is -0.445 e. The van der Waals surface area contributed by atoms with Crippen LogP contribution in [-0.4, -0.2) is 28.9 Å². The third-order valence-electron chi connectivity index (χ3n) is 4.52.